The molecule has 0 heterocycles. The second-order valence-corrected chi connectivity index (χ2v) is 15.1. The van der Waals surface area contributed by atoms with Crippen LogP contribution < -0.4 is 4.90 Å². The molecule has 0 saturated heterocycles. The normalized spacial score (nSPS) is 14.8. The first-order valence-corrected chi connectivity index (χ1v) is 19.6. The van der Waals surface area contributed by atoms with E-state index in [1.807, 2.05) is 0 Å². The molecule has 1 aliphatic rings. The van der Waals surface area contributed by atoms with Gasteiger partial charge in [0.25, 0.3) is 0 Å². The second-order valence-electron chi connectivity index (χ2n) is 15.1. The van der Waals surface area contributed by atoms with Gasteiger partial charge in [-0.2, -0.15) is 0 Å². The van der Waals surface area contributed by atoms with Crippen molar-refractivity contribution in [2.24, 2.45) is 0 Å². The Morgan fingerprint density at radius 1 is 0.393 bits per heavy atom. The Morgan fingerprint density at radius 3 is 1.61 bits per heavy atom. The lowest BCUT2D eigenvalue weighted by atomic mass is 9.68. The summed E-state index contributed by atoms with van der Waals surface area (Å²) in [7, 11) is 0. The Kier molecular flexibility index (Phi) is 8.42. The molecule has 1 atom stereocenters. The summed E-state index contributed by atoms with van der Waals surface area (Å²) in [6.45, 7) is 2.41. The number of hydrogen-bond acceptors (Lipinski definition) is 1. The monoisotopic (exact) mass is 715 g/mol. The molecular weight excluding hydrogens is 675 g/mol. The van der Waals surface area contributed by atoms with Gasteiger partial charge in [0, 0.05) is 22.5 Å². The smallest absolute Gasteiger partial charge is 0.0462 e. The van der Waals surface area contributed by atoms with Gasteiger partial charge in [-0.05, 0) is 114 Å². The molecular formula is C55H41N. The predicted molar refractivity (Wildman–Crippen MR) is 239 cm³/mol. The van der Waals surface area contributed by atoms with Crippen molar-refractivity contribution in [1.29, 1.82) is 0 Å². The molecule has 9 aromatic carbocycles. The lowest BCUT2D eigenvalue weighted by Gasteiger charge is -2.35. The van der Waals surface area contributed by atoms with Gasteiger partial charge in [-0.25, -0.2) is 0 Å². The zero-order chi connectivity index (χ0) is 37.5. The molecule has 1 heteroatoms. The summed E-state index contributed by atoms with van der Waals surface area (Å²) in [5.74, 6) is 0. The SMILES string of the molecule is CC1(c2cccc3cccc(-c4ccc(N(c5ccc(-c6ccccc6)cc5)c5ccc(-c6cccc7ccccc67)cc5)cc4)c23)CC=Cc2ccccc21. The van der Waals surface area contributed by atoms with E-state index in [0.29, 0.717) is 0 Å². The first-order valence-electron chi connectivity index (χ1n) is 19.6. The van der Waals surface area contributed by atoms with Crippen molar-refractivity contribution in [3.8, 4) is 33.4 Å². The van der Waals surface area contributed by atoms with Crippen LogP contribution in [0.3, 0.4) is 0 Å². The van der Waals surface area contributed by atoms with E-state index in [9.17, 15) is 0 Å². The van der Waals surface area contributed by atoms with Crippen LogP contribution in [0.1, 0.15) is 30.0 Å². The number of benzene rings is 9. The predicted octanol–water partition coefficient (Wildman–Crippen LogP) is 15.2. The quantitative estimate of drug-likeness (QED) is 0.159. The first kappa shape index (κ1) is 33.6. The van der Waals surface area contributed by atoms with Gasteiger partial charge in [0.1, 0.15) is 0 Å². The fraction of sp³-hybridized carbons (Fsp3) is 0.0545. The maximum Gasteiger partial charge on any atom is 0.0462 e. The molecule has 1 unspecified atom stereocenters. The van der Waals surface area contributed by atoms with Crippen molar-refractivity contribution in [2.45, 2.75) is 18.8 Å². The van der Waals surface area contributed by atoms with E-state index < -0.39 is 0 Å². The fourth-order valence-electron chi connectivity index (χ4n) is 8.91. The Bertz CT molecular complexity index is 2860. The van der Waals surface area contributed by atoms with Crippen LogP contribution >= 0.6 is 0 Å². The van der Waals surface area contributed by atoms with Crippen LogP contribution in [0.5, 0.6) is 0 Å². The van der Waals surface area contributed by atoms with Crippen molar-refractivity contribution >= 4 is 44.7 Å². The van der Waals surface area contributed by atoms with Crippen LogP contribution in [0.15, 0.2) is 212 Å². The summed E-state index contributed by atoms with van der Waals surface area (Å²) in [4.78, 5) is 2.37. The molecule has 0 amide bonds. The highest BCUT2D eigenvalue weighted by Gasteiger charge is 2.33. The Morgan fingerprint density at radius 2 is 0.893 bits per heavy atom. The Balaban J connectivity index is 1.06. The molecule has 10 rings (SSSR count). The molecule has 0 aromatic heterocycles. The zero-order valence-corrected chi connectivity index (χ0v) is 31.4. The number of anilines is 3. The summed E-state index contributed by atoms with van der Waals surface area (Å²) in [5.41, 5.74) is 14.6. The van der Waals surface area contributed by atoms with E-state index in [4.69, 9.17) is 0 Å². The second kappa shape index (κ2) is 14.0. The van der Waals surface area contributed by atoms with Crippen molar-refractivity contribution in [3.05, 3.63) is 229 Å². The van der Waals surface area contributed by atoms with Gasteiger partial charge in [0.15, 0.2) is 0 Å². The average Bonchev–Trinajstić information content (AvgIpc) is 3.27. The number of fused-ring (bicyclic) bond motifs is 3. The maximum atomic E-state index is 2.41. The zero-order valence-electron chi connectivity index (χ0n) is 31.4. The minimum atomic E-state index is -0.137. The summed E-state index contributed by atoms with van der Waals surface area (Å²) in [6, 6.07) is 75.3. The summed E-state index contributed by atoms with van der Waals surface area (Å²) in [5, 5.41) is 5.11. The van der Waals surface area contributed by atoms with E-state index in [2.05, 4.69) is 230 Å². The molecule has 56 heavy (non-hydrogen) atoms. The summed E-state index contributed by atoms with van der Waals surface area (Å²) >= 11 is 0. The van der Waals surface area contributed by atoms with Crippen LogP contribution in [0.4, 0.5) is 17.1 Å². The minimum Gasteiger partial charge on any atom is -0.311 e. The molecule has 1 aliphatic carbocycles. The third-order valence-corrected chi connectivity index (χ3v) is 11.8. The number of allylic oxidation sites excluding steroid dienone is 1. The minimum absolute atomic E-state index is 0.137. The molecule has 0 saturated carbocycles. The van der Waals surface area contributed by atoms with E-state index in [1.165, 1.54) is 71.6 Å². The standard InChI is InChI=1S/C55H41N/c1-55(38-12-20-44-16-6-8-24-52(44)55)53-25-11-19-45-18-10-23-51(54(45)53)43-30-36-48(37-31-43)56(46-32-26-40(27-33-46)39-13-3-2-4-14-39)47-34-28-42(29-35-47)50-22-9-17-41-15-5-7-21-49(41)50/h2-37H,38H2,1H3. The Labute approximate surface area is 329 Å². The van der Waals surface area contributed by atoms with Gasteiger partial charge in [-0.15, -0.1) is 0 Å². The molecule has 0 N–H and O–H groups in total. The van der Waals surface area contributed by atoms with Crippen molar-refractivity contribution < 1.29 is 0 Å². The van der Waals surface area contributed by atoms with E-state index in [0.717, 1.165) is 23.5 Å². The van der Waals surface area contributed by atoms with Crippen LogP contribution in [0.25, 0.3) is 61.0 Å². The van der Waals surface area contributed by atoms with Gasteiger partial charge in [-0.1, -0.05) is 189 Å². The van der Waals surface area contributed by atoms with Crippen molar-refractivity contribution in [2.75, 3.05) is 4.90 Å². The maximum absolute atomic E-state index is 2.41. The molecule has 266 valence electrons. The third kappa shape index (κ3) is 5.90. The van der Waals surface area contributed by atoms with Gasteiger partial charge in [0.2, 0.25) is 0 Å². The molecule has 1 nitrogen and oxygen atoms in total. The van der Waals surface area contributed by atoms with Crippen LogP contribution in [0.2, 0.25) is 0 Å². The molecule has 9 aromatic rings. The first-order chi connectivity index (χ1) is 27.6. The third-order valence-electron chi connectivity index (χ3n) is 11.8. The van der Waals surface area contributed by atoms with Crippen LogP contribution in [-0.2, 0) is 5.41 Å². The summed E-state index contributed by atoms with van der Waals surface area (Å²) < 4.78 is 0. The van der Waals surface area contributed by atoms with Gasteiger partial charge in [0.05, 0.1) is 0 Å². The largest absolute Gasteiger partial charge is 0.311 e. The van der Waals surface area contributed by atoms with Gasteiger partial charge < -0.3 is 4.90 Å². The summed E-state index contributed by atoms with van der Waals surface area (Å²) in [6.07, 6.45) is 5.59. The number of rotatable bonds is 7. The average molecular weight is 716 g/mol. The van der Waals surface area contributed by atoms with Crippen LogP contribution in [0, 0.1) is 0 Å². The van der Waals surface area contributed by atoms with Crippen molar-refractivity contribution in [1.82, 2.24) is 0 Å². The van der Waals surface area contributed by atoms with Gasteiger partial charge >= 0.3 is 0 Å². The molecule has 0 aliphatic heterocycles. The van der Waals surface area contributed by atoms with E-state index in [1.54, 1.807) is 0 Å². The molecule has 0 spiro atoms. The van der Waals surface area contributed by atoms with E-state index in [-0.39, 0.29) is 5.41 Å². The highest BCUT2D eigenvalue weighted by molar-refractivity contribution is 6.01. The lowest BCUT2D eigenvalue weighted by molar-refractivity contribution is 0.580. The highest BCUT2D eigenvalue weighted by Crippen LogP contribution is 2.46. The number of hydrogen-bond donors (Lipinski definition) is 0. The lowest BCUT2D eigenvalue weighted by Crippen LogP contribution is -2.26. The van der Waals surface area contributed by atoms with Crippen molar-refractivity contribution in [3.63, 3.8) is 0 Å². The van der Waals surface area contributed by atoms with E-state index >= 15 is 0 Å². The highest BCUT2D eigenvalue weighted by atomic mass is 15.1. The molecule has 0 radical (unpaired) electrons. The number of nitrogens with zero attached hydrogens (tertiary/aromatic N) is 1. The topological polar surface area (TPSA) is 3.24 Å². The van der Waals surface area contributed by atoms with Crippen LogP contribution in [-0.4, -0.2) is 0 Å². The fourth-order valence-corrected chi connectivity index (χ4v) is 8.91. The molecule has 0 bridgehead atoms. The molecule has 0 fully saturated rings. The van der Waals surface area contributed by atoms with Gasteiger partial charge in [-0.3, -0.25) is 0 Å². The Hall–Kier alpha value is -6.96.